The first-order chi connectivity index (χ1) is 8.92. The Morgan fingerprint density at radius 2 is 1.67 bits per heavy atom. The Balaban J connectivity index is 1.83. The average Bonchev–Trinajstić information content (AvgIpc) is 2.46. The van der Waals surface area contributed by atoms with Gasteiger partial charge in [0.2, 0.25) is 0 Å². The minimum Gasteiger partial charge on any atom is -0.312 e. The number of hydrogen-bond donors (Lipinski definition) is 1. The molecule has 3 rings (SSSR count). The van der Waals surface area contributed by atoms with Crippen LogP contribution in [0.25, 0.3) is 0 Å². The monoisotopic (exact) mass is 237 g/mol. The van der Waals surface area contributed by atoms with E-state index in [1.54, 1.807) is 0 Å². The molecule has 0 saturated carbocycles. The quantitative estimate of drug-likeness (QED) is 0.793. The minimum absolute atomic E-state index is 0.883. The third-order valence-corrected chi connectivity index (χ3v) is 3.11. The standard InChI is InChI=1S/C15H15N3/c1-2-4-14(5-3-1)17-18-15-7-6-12-8-9-16-11-13(12)10-15/h1-7,10,16H,8-9,11H2. The number of benzene rings is 2. The summed E-state index contributed by atoms with van der Waals surface area (Å²) in [5.74, 6) is 0. The van der Waals surface area contributed by atoms with Crippen LogP contribution < -0.4 is 5.32 Å². The number of nitrogens with one attached hydrogen (secondary N) is 1. The molecule has 2 aromatic carbocycles. The van der Waals surface area contributed by atoms with Gasteiger partial charge in [0, 0.05) is 6.54 Å². The molecule has 0 aromatic heterocycles. The topological polar surface area (TPSA) is 36.8 Å². The van der Waals surface area contributed by atoms with Crippen LogP contribution in [0.15, 0.2) is 58.8 Å². The Hall–Kier alpha value is -2.00. The predicted molar refractivity (Wildman–Crippen MR) is 72.5 cm³/mol. The Kier molecular flexibility index (Phi) is 3.15. The Labute approximate surface area is 107 Å². The first kappa shape index (κ1) is 11.1. The summed E-state index contributed by atoms with van der Waals surface area (Å²) in [7, 11) is 0. The number of azo groups is 1. The lowest BCUT2D eigenvalue weighted by Gasteiger charge is -2.16. The van der Waals surface area contributed by atoms with Gasteiger partial charge in [0.05, 0.1) is 11.4 Å². The van der Waals surface area contributed by atoms with Crippen molar-refractivity contribution in [3.05, 3.63) is 59.7 Å². The molecule has 18 heavy (non-hydrogen) atoms. The molecule has 0 radical (unpaired) electrons. The molecule has 3 nitrogen and oxygen atoms in total. The van der Waals surface area contributed by atoms with Crippen molar-refractivity contribution in [2.24, 2.45) is 10.2 Å². The smallest absolute Gasteiger partial charge is 0.0860 e. The third kappa shape index (κ3) is 2.46. The van der Waals surface area contributed by atoms with Crippen molar-refractivity contribution in [2.45, 2.75) is 13.0 Å². The van der Waals surface area contributed by atoms with Gasteiger partial charge in [0.15, 0.2) is 0 Å². The van der Waals surface area contributed by atoms with Crippen LogP contribution in [0.3, 0.4) is 0 Å². The van der Waals surface area contributed by atoms with Crippen LogP contribution in [-0.2, 0) is 13.0 Å². The number of hydrogen-bond acceptors (Lipinski definition) is 3. The first-order valence-corrected chi connectivity index (χ1v) is 6.21. The molecule has 0 aliphatic carbocycles. The second-order valence-electron chi connectivity index (χ2n) is 4.42. The van der Waals surface area contributed by atoms with Crippen molar-refractivity contribution in [2.75, 3.05) is 6.54 Å². The van der Waals surface area contributed by atoms with E-state index in [4.69, 9.17) is 0 Å². The molecule has 0 unspecified atom stereocenters. The predicted octanol–water partition coefficient (Wildman–Crippen LogP) is 3.75. The van der Waals surface area contributed by atoms with Gasteiger partial charge in [-0.15, -0.1) is 0 Å². The van der Waals surface area contributed by atoms with Gasteiger partial charge in [-0.2, -0.15) is 10.2 Å². The van der Waals surface area contributed by atoms with E-state index in [-0.39, 0.29) is 0 Å². The van der Waals surface area contributed by atoms with E-state index in [1.165, 1.54) is 11.1 Å². The van der Waals surface area contributed by atoms with E-state index in [2.05, 4.69) is 27.7 Å². The number of nitrogens with zero attached hydrogens (tertiary/aromatic N) is 2. The summed E-state index contributed by atoms with van der Waals surface area (Å²) in [4.78, 5) is 0. The molecular formula is C15H15N3. The summed E-state index contributed by atoms with van der Waals surface area (Å²) in [6.45, 7) is 2.00. The fraction of sp³-hybridized carbons (Fsp3) is 0.200. The van der Waals surface area contributed by atoms with Crippen LogP contribution in [-0.4, -0.2) is 6.54 Å². The van der Waals surface area contributed by atoms with E-state index in [0.717, 1.165) is 30.9 Å². The van der Waals surface area contributed by atoms with Gasteiger partial charge in [-0.25, -0.2) is 0 Å². The van der Waals surface area contributed by atoms with Crippen LogP contribution in [0.4, 0.5) is 11.4 Å². The molecule has 3 heteroatoms. The molecule has 1 aliphatic rings. The van der Waals surface area contributed by atoms with E-state index in [1.807, 2.05) is 36.4 Å². The number of fused-ring (bicyclic) bond motifs is 1. The molecule has 0 bridgehead atoms. The number of rotatable bonds is 2. The maximum absolute atomic E-state index is 4.28. The van der Waals surface area contributed by atoms with E-state index in [0.29, 0.717) is 0 Å². The molecule has 1 aliphatic heterocycles. The molecule has 1 heterocycles. The van der Waals surface area contributed by atoms with Crippen molar-refractivity contribution in [1.82, 2.24) is 5.32 Å². The van der Waals surface area contributed by atoms with Gasteiger partial charge in [-0.1, -0.05) is 24.3 Å². The largest absolute Gasteiger partial charge is 0.312 e. The highest BCUT2D eigenvalue weighted by molar-refractivity contribution is 5.45. The Morgan fingerprint density at radius 1 is 0.833 bits per heavy atom. The lowest BCUT2D eigenvalue weighted by atomic mass is 10.0. The highest BCUT2D eigenvalue weighted by Gasteiger charge is 2.08. The highest BCUT2D eigenvalue weighted by atomic mass is 15.1. The fourth-order valence-corrected chi connectivity index (χ4v) is 2.14. The molecule has 0 atom stereocenters. The van der Waals surface area contributed by atoms with Crippen molar-refractivity contribution in [1.29, 1.82) is 0 Å². The normalized spacial score (nSPS) is 14.7. The van der Waals surface area contributed by atoms with Crippen molar-refractivity contribution >= 4 is 11.4 Å². The van der Waals surface area contributed by atoms with Gasteiger partial charge in [-0.05, 0) is 48.4 Å². The summed E-state index contributed by atoms with van der Waals surface area (Å²) >= 11 is 0. The van der Waals surface area contributed by atoms with Crippen molar-refractivity contribution in [3.8, 4) is 0 Å². The van der Waals surface area contributed by atoms with Crippen LogP contribution in [0.5, 0.6) is 0 Å². The van der Waals surface area contributed by atoms with Gasteiger partial charge in [0.25, 0.3) is 0 Å². The van der Waals surface area contributed by atoms with Crippen molar-refractivity contribution in [3.63, 3.8) is 0 Å². The van der Waals surface area contributed by atoms with Crippen molar-refractivity contribution < 1.29 is 0 Å². The van der Waals surface area contributed by atoms with Crippen LogP contribution in [0.1, 0.15) is 11.1 Å². The molecule has 2 aromatic rings. The molecule has 0 fully saturated rings. The van der Waals surface area contributed by atoms with Gasteiger partial charge in [0.1, 0.15) is 0 Å². The first-order valence-electron chi connectivity index (χ1n) is 6.21. The van der Waals surface area contributed by atoms with E-state index < -0.39 is 0 Å². The molecule has 0 saturated heterocycles. The molecule has 0 spiro atoms. The summed E-state index contributed by atoms with van der Waals surface area (Å²) in [6.07, 6.45) is 1.10. The average molecular weight is 237 g/mol. The van der Waals surface area contributed by atoms with Gasteiger partial charge < -0.3 is 5.32 Å². The molecular weight excluding hydrogens is 222 g/mol. The third-order valence-electron chi connectivity index (χ3n) is 3.11. The maximum atomic E-state index is 4.28. The zero-order valence-corrected chi connectivity index (χ0v) is 10.1. The fourth-order valence-electron chi connectivity index (χ4n) is 2.14. The molecule has 0 amide bonds. The van der Waals surface area contributed by atoms with Crippen LogP contribution >= 0.6 is 0 Å². The lowest BCUT2D eigenvalue weighted by Crippen LogP contribution is -2.23. The summed E-state index contributed by atoms with van der Waals surface area (Å²) < 4.78 is 0. The second-order valence-corrected chi connectivity index (χ2v) is 4.42. The van der Waals surface area contributed by atoms with E-state index in [9.17, 15) is 0 Å². The highest BCUT2D eigenvalue weighted by Crippen LogP contribution is 2.23. The zero-order valence-electron chi connectivity index (χ0n) is 10.1. The van der Waals surface area contributed by atoms with Gasteiger partial charge in [-0.3, -0.25) is 0 Å². The summed E-state index contributed by atoms with van der Waals surface area (Å²) in [5, 5.41) is 11.9. The second kappa shape index (κ2) is 5.10. The minimum atomic E-state index is 0.883. The SMILES string of the molecule is c1ccc(N=Nc2ccc3c(c2)CNCC3)cc1. The van der Waals surface area contributed by atoms with Crippen LogP contribution in [0.2, 0.25) is 0 Å². The lowest BCUT2D eigenvalue weighted by molar-refractivity contribution is 0.644. The summed E-state index contributed by atoms with van der Waals surface area (Å²) in [6, 6.07) is 16.1. The summed E-state index contributed by atoms with van der Waals surface area (Å²) in [5.41, 5.74) is 4.56. The molecule has 90 valence electrons. The van der Waals surface area contributed by atoms with Gasteiger partial charge >= 0.3 is 0 Å². The zero-order chi connectivity index (χ0) is 12.2. The Bertz CT molecular complexity index is 561. The maximum Gasteiger partial charge on any atom is 0.0860 e. The van der Waals surface area contributed by atoms with Crippen LogP contribution in [0, 0.1) is 0 Å². The molecule has 1 N–H and O–H groups in total. The van der Waals surface area contributed by atoms with E-state index >= 15 is 0 Å². The Morgan fingerprint density at radius 3 is 2.56 bits per heavy atom.